The van der Waals surface area contributed by atoms with Gasteiger partial charge < -0.3 is 19.4 Å². The molecule has 0 aliphatic heterocycles. The number of amides is 1. The summed E-state index contributed by atoms with van der Waals surface area (Å²) >= 11 is 0. The van der Waals surface area contributed by atoms with E-state index in [0.717, 1.165) is 12.1 Å². The van der Waals surface area contributed by atoms with Crippen molar-refractivity contribution in [3.05, 3.63) is 53.9 Å². The summed E-state index contributed by atoms with van der Waals surface area (Å²) in [5.41, 5.74) is 1.21. The first-order valence-electron chi connectivity index (χ1n) is 9.67. The van der Waals surface area contributed by atoms with Crippen LogP contribution in [0.15, 0.2) is 41.4 Å². The number of halogens is 3. The van der Waals surface area contributed by atoms with Crippen molar-refractivity contribution in [2.75, 3.05) is 0 Å². The molecule has 1 aromatic carbocycles. The second-order valence-corrected chi connectivity index (χ2v) is 7.38. The number of hydrogen-bond acceptors (Lipinski definition) is 7. The zero-order chi connectivity index (χ0) is 23.3. The highest BCUT2D eigenvalue weighted by Crippen LogP contribution is 2.32. The predicted octanol–water partition coefficient (Wildman–Crippen LogP) is 3.40. The number of H-pyrrole nitrogens is 1. The molecule has 10 nitrogen and oxygen atoms in total. The third-order valence-corrected chi connectivity index (χ3v) is 5.09. The summed E-state index contributed by atoms with van der Waals surface area (Å²) < 4.78 is 45.8. The van der Waals surface area contributed by atoms with Gasteiger partial charge >= 0.3 is 6.18 Å². The lowest BCUT2D eigenvalue weighted by atomic mass is 10.2. The Kier molecular flexibility index (Phi) is 4.62. The SMILES string of the molecule is C[C@@H](NC(=O)c1ncnc2ncn(C)c12)c1cc(-c2nc3ccc(C(F)(F)F)cc3[nH]2)on1. The summed E-state index contributed by atoms with van der Waals surface area (Å²) in [6.07, 6.45) is -1.67. The number of aromatic nitrogens is 7. The number of carbonyl (C=O) groups excluding carboxylic acids is 1. The molecule has 0 unspecified atom stereocenters. The molecule has 0 saturated carbocycles. The predicted molar refractivity (Wildman–Crippen MR) is 109 cm³/mol. The van der Waals surface area contributed by atoms with Gasteiger partial charge in [-0.2, -0.15) is 13.2 Å². The van der Waals surface area contributed by atoms with Crippen LogP contribution < -0.4 is 5.32 Å². The van der Waals surface area contributed by atoms with Crippen molar-refractivity contribution >= 4 is 28.1 Å². The van der Waals surface area contributed by atoms with Crippen molar-refractivity contribution in [3.63, 3.8) is 0 Å². The fraction of sp³-hybridized carbons (Fsp3) is 0.200. The molecule has 0 aliphatic rings. The summed E-state index contributed by atoms with van der Waals surface area (Å²) in [6.45, 7) is 1.70. The van der Waals surface area contributed by atoms with E-state index in [0.29, 0.717) is 22.4 Å². The van der Waals surface area contributed by atoms with Gasteiger partial charge in [-0.05, 0) is 25.1 Å². The van der Waals surface area contributed by atoms with Gasteiger partial charge in [0.05, 0.1) is 29.0 Å². The van der Waals surface area contributed by atoms with E-state index in [1.807, 2.05) is 0 Å². The molecule has 5 rings (SSSR count). The van der Waals surface area contributed by atoms with Crippen LogP contribution >= 0.6 is 0 Å². The minimum Gasteiger partial charge on any atom is -0.353 e. The van der Waals surface area contributed by atoms with E-state index in [4.69, 9.17) is 4.52 Å². The highest BCUT2D eigenvalue weighted by atomic mass is 19.4. The van der Waals surface area contributed by atoms with Gasteiger partial charge in [0.25, 0.3) is 5.91 Å². The Balaban J connectivity index is 1.38. The minimum atomic E-state index is -4.46. The third kappa shape index (κ3) is 3.66. The first-order chi connectivity index (χ1) is 15.7. The first kappa shape index (κ1) is 20.6. The summed E-state index contributed by atoms with van der Waals surface area (Å²) in [7, 11) is 1.73. The molecular weight excluding hydrogens is 441 g/mol. The number of nitrogens with zero attached hydrogens (tertiary/aromatic N) is 6. The Morgan fingerprint density at radius 1 is 1.21 bits per heavy atom. The highest BCUT2D eigenvalue weighted by molar-refractivity contribution is 6.02. The maximum absolute atomic E-state index is 12.9. The van der Waals surface area contributed by atoms with E-state index in [1.54, 1.807) is 24.6 Å². The molecule has 2 N–H and O–H groups in total. The van der Waals surface area contributed by atoms with Gasteiger partial charge in [0.2, 0.25) is 5.76 Å². The van der Waals surface area contributed by atoms with Crippen molar-refractivity contribution < 1.29 is 22.5 Å². The third-order valence-electron chi connectivity index (χ3n) is 5.09. The highest BCUT2D eigenvalue weighted by Gasteiger charge is 2.31. The summed E-state index contributed by atoms with van der Waals surface area (Å²) in [5, 5.41) is 6.74. The van der Waals surface area contributed by atoms with E-state index in [-0.39, 0.29) is 22.8 Å². The first-order valence-corrected chi connectivity index (χ1v) is 9.67. The van der Waals surface area contributed by atoms with Crippen LogP contribution in [0.25, 0.3) is 33.8 Å². The number of fused-ring (bicyclic) bond motifs is 2. The van der Waals surface area contributed by atoms with Gasteiger partial charge in [-0.3, -0.25) is 4.79 Å². The zero-order valence-electron chi connectivity index (χ0n) is 17.2. The molecule has 4 aromatic heterocycles. The quantitative estimate of drug-likeness (QED) is 0.424. The number of aromatic amines is 1. The van der Waals surface area contributed by atoms with Gasteiger partial charge in [-0.15, -0.1) is 0 Å². The van der Waals surface area contributed by atoms with Gasteiger partial charge in [0.1, 0.15) is 17.5 Å². The molecule has 0 bridgehead atoms. The molecular formula is C20H15F3N8O2. The monoisotopic (exact) mass is 456 g/mol. The number of carbonyl (C=O) groups is 1. The molecule has 5 aromatic rings. The van der Waals surface area contributed by atoms with Crippen LogP contribution in [0.2, 0.25) is 0 Å². The number of rotatable bonds is 4. The standard InChI is InChI=1S/C20H15F3N8O2/c1-9(27-19(32)15-16-18(25-7-24-15)26-8-31(16)2)12-6-14(33-30-12)17-28-11-4-3-10(20(21,22)23)5-13(11)29-17/h3-9H,1-2H3,(H,27,32)(H,28,29)/t9-/m1/s1. The van der Waals surface area contributed by atoms with Crippen LogP contribution in [-0.2, 0) is 13.2 Å². The van der Waals surface area contributed by atoms with E-state index in [2.05, 4.69) is 35.4 Å². The van der Waals surface area contributed by atoms with Crippen LogP contribution in [-0.4, -0.2) is 40.6 Å². The Morgan fingerprint density at radius 2 is 2.03 bits per heavy atom. The van der Waals surface area contributed by atoms with Crippen LogP contribution in [0.5, 0.6) is 0 Å². The molecule has 1 atom stereocenters. The lowest BCUT2D eigenvalue weighted by Gasteiger charge is -2.11. The Bertz CT molecular complexity index is 1500. The average Bonchev–Trinajstić information content (AvgIpc) is 3.50. The number of imidazole rings is 2. The van der Waals surface area contributed by atoms with Crippen LogP contribution in [0.4, 0.5) is 13.2 Å². The van der Waals surface area contributed by atoms with Crippen molar-refractivity contribution in [1.82, 2.24) is 40.0 Å². The Labute approximate surface area is 182 Å². The largest absolute Gasteiger partial charge is 0.416 e. The molecule has 1 amide bonds. The van der Waals surface area contributed by atoms with Crippen molar-refractivity contribution in [2.24, 2.45) is 7.05 Å². The average molecular weight is 456 g/mol. The molecule has 0 aliphatic carbocycles. The molecule has 13 heteroatoms. The fourth-order valence-corrected chi connectivity index (χ4v) is 3.40. The van der Waals surface area contributed by atoms with Crippen LogP contribution in [0, 0.1) is 0 Å². The van der Waals surface area contributed by atoms with E-state index < -0.39 is 23.7 Å². The van der Waals surface area contributed by atoms with Crippen LogP contribution in [0.3, 0.4) is 0 Å². The van der Waals surface area contributed by atoms with Crippen molar-refractivity contribution in [3.8, 4) is 11.6 Å². The molecule has 168 valence electrons. The lowest BCUT2D eigenvalue weighted by Crippen LogP contribution is -2.28. The maximum Gasteiger partial charge on any atom is 0.416 e. The number of benzene rings is 1. The van der Waals surface area contributed by atoms with Crippen molar-refractivity contribution in [2.45, 2.75) is 19.1 Å². The Hall–Kier alpha value is -4.29. The smallest absolute Gasteiger partial charge is 0.353 e. The second-order valence-electron chi connectivity index (χ2n) is 7.38. The maximum atomic E-state index is 12.9. The minimum absolute atomic E-state index is 0.160. The lowest BCUT2D eigenvalue weighted by molar-refractivity contribution is -0.137. The number of hydrogen-bond donors (Lipinski definition) is 2. The summed E-state index contributed by atoms with van der Waals surface area (Å²) in [4.78, 5) is 32.1. The van der Waals surface area contributed by atoms with Gasteiger partial charge in [-0.1, -0.05) is 5.16 Å². The van der Waals surface area contributed by atoms with E-state index >= 15 is 0 Å². The Morgan fingerprint density at radius 3 is 2.82 bits per heavy atom. The zero-order valence-corrected chi connectivity index (χ0v) is 17.2. The van der Waals surface area contributed by atoms with Gasteiger partial charge in [-0.25, -0.2) is 19.9 Å². The molecule has 0 spiro atoms. The second kappa shape index (κ2) is 7.39. The summed E-state index contributed by atoms with van der Waals surface area (Å²) in [5.74, 6) is -0.0209. The molecule has 0 radical (unpaired) electrons. The molecule has 0 fully saturated rings. The van der Waals surface area contributed by atoms with Gasteiger partial charge in [0, 0.05) is 13.1 Å². The van der Waals surface area contributed by atoms with Gasteiger partial charge in [0.15, 0.2) is 17.2 Å². The fourth-order valence-electron chi connectivity index (χ4n) is 3.40. The van der Waals surface area contributed by atoms with E-state index in [9.17, 15) is 18.0 Å². The topological polar surface area (TPSA) is 127 Å². The van der Waals surface area contributed by atoms with E-state index in [1.165, 1.54) is 18.7 Å². The normalized spacial score (nSPS) is 13.0. The number of alkyl halides is 3. The van der Waals surface area contributed by atoms with Crippen molar-refractivity contribution in [1.29, 1.82) is 0 Å². The van der Waals surface area contributed by atoms with Crippen LogP contribution in [0.1, 0.15) is 34.7 Å². The summed E-state index contributed by atoms with van der Waals surface area (Å²) in [6, 6.07) is 4.20. The number of nitrogens with one attached hydrogen (secondary N) is 2. The molecule has 33 heavy (non-hydrogen) atoms. The molecule has 0 saturated heterocycles. The number of aryl methyl sites for hydroxylation is 1. The molecule has 4 heterocycles.